The number of rotatable bonds is 6. The Morgan fingerprint density at radius 1 is 0.895 bits per heavy atom. The van der Waals surface area contributed by atoms with Crippen LogP contribution in [0.2, 0.25) is 0 Å². The topological polar surface area (TPSA) is 44.6 Å². The molecule has 0 amide bonds. The molecule has 0 spiro atoms. The summed E-state index contributed by atoms with van der Waals surface area (Å²) in [5.41, 5.74) is 3.11. The van der Waals surface area contributed by atoms with Crippen LogP contribution in [0.15, 0.2) is 65.8 Å². The summed E-state index contributed by atoms with van der Waals surface area (Å²) in [6, 6.07) is 20.2. The molecule has 0 aliphatic carbocycles. The summed E-state index contributed by atoms with van der Waals surface area (Å²) in [6.45, 7) is 1.36. The molecule has 3 heteroatoms. The van der Waals surface area contributed by atoms with E-state index in [1.54, 1.807) is 0 Å². The molecule has 0 saturated carbocycles. The zero-order valence-corrected chi connectivity index (χ0v) is 10.8. The fraction of sp³-hybridized carbons (Fsp3) is 0.188. The summed E-state index contributed by atoms with van der Waals surface area (Å²) in [7, 11) is 0. The Balaban J connectivity index is 1.81. The van der Waals surface area contributed by atoms with Crippen LogP contribution in [0.4, 0.5) is 0 Å². The Hall–Kier alpha value is -2.13. The third kappa shape index (κ3) is 4.56. The summed E-state index contributed by atoms with van der Waals surface area (Å²) in [5, 5.41) is 15.7. The van der Waals surface area contributed by atoms with Crippen LogP contribution < -0.4 is 5.32 Å². The second-order valence-corrected chi connectivity index (χ2v) is 4.42. The lowest BCUT2D eigenvalue weighted by atomic mass is 10.1. The van der Waals surface area contributed by atoms with E-state index in [0.29, 0.717) is 13.0 Å². The molecule has 0 unspecified atom stereocenters. The highest BCUT2D eigenvalue weighted by atomic mass is 16.4. The molecule has 98 valence electrons. The molecule has 0 aromatic heterocycles. The minimum atomic E-state index is 0.584. The van der Waals surface area contributed by atoms with Crippen molar-refractivity contribution >= 4 is 5.71 Å². The number of benzene rings is 2. The van der Waals surface area contributed by atoms with Crippen molar-refractivity contribution in [3.63, 3.8) is 0 Å². The van der Waals surface area contributed by atoms with Crippen LogP contribution in [0, 0.1) is 0 Å². The van der Waals surface area contributed by atoms with Crippen molar-refractivity contribution < 1.29 is 5.21 Å². The van der Waals surface area contributed by atoms with Gasteiger partial charge in [0.1, 0.15) is 0 Å². The highest BCUT2D eigenvalue weighted by Crippen LogP contribution is 2.01. The molecule has 0 radical (unpaired) electrons. The van der Waals surface area contributed by atoms with Gasteiger partial charge in [-0.25, -0.2) is 0 Å². The van der Waals surface area contributed by atoms with Gasteiger partial charge >= 0.3 is 0 Å². The van der Waals surface area contributed by atoms with Gasteiger partial charge in [0.2, 0.25) is 0 Å². The summed E-state index contributed by atoms with van der Waals surface area (Å²) in [4.78, 5) is 0. The van der Waals surface area contributed by atoms with Crippen LogP contribution in [0.5, 0.6) is 0 Å². The van der Waals surface area contributed by atoms with Gasteiger partial charge in [-0.3, -0.25) is 0 Å². The van der Waals surface area contributed by atoms with Crippen molar-refractivity contribution in [2.24, 2.45) is 5.16 Å². The largest absolute Gasteiger partial charge is 0.411 e. The van der Waals surface area contributed by atoms with Crippen molar-refractivity contribution in [3.8, 4) is 0 Å². The third-order valence-corrected chi connectivity index (χ3v) is 2.89. The first-order valence-corrected chi connectivity index (χ1v) is 6.37. The molecule has 2 N–H and O–H groups in total. The maximum absolute atomic E-state index is 9.03. The number of nitrogens with zero attached hydrogens (tertiary/aromatic N) is 1. The molecule has 0 atom stereocenters. The van der Waals surface area contributed by atoms with Gasteiger partial charge in [0.25, 0.3) is 0 Å². The summed E-state index contributed by atoms with van der Waals surface area (Å²) in [6.07, 6.45) is 0.666. The molecule has 0 bridgehead atoms. The molecule has 19 heavy (non-hydrogen) atoms. The zero-order valence-electron chi connectivity index (χ0n) is 10.8. The van der Waals surface area contributed by atoms with E-state index in [0.717, 1.165) is 17.8 Å². The van der Waals surface area contributed by atoms with Crippen LogP contribution in [0.3, 0.4) is 0 Å². The van der Waals surface area contributed by atoms with Crippen molar-refractivity contribution in [2.75, 3.05) is 6.54 Å². The minimum absolute atomic E-state index is 0.584. The number of hydrogen-bond donors (Lipinski definition) is 2. The van der Waals surface area contributed by atoms with E-state index < -0.39 is 0 Å². The second kappa shape index (κ2) is 7.34. The van der Waals surface area contributed by atoms with Crippen LogP contribution >= 0.6 is 0 Å². The molecule has 2 aromatic carbocycles. The molecule has 0 saturated heterocycles. The van der Waals surface area contributed by atoms with Crippen molar-refractivity contribution in [1.29, 1.82) is 0 Å². The summed E-state index contributed by atoms with van der Waals surface area (Å²) < 4.78 is 0. The Bertz CT molecular complexity index is 509. The molecule has 0 fully saturated rings. The second-order valence-electron chi connectivity index (χ2n) is 4.42. The van der Waals surface area contributed by atoms with Crippen LogP contribution in [-0.4, -0.2) is 17.5 Å². The van der Waals surface area contributed by atoms with Gasteiger partial charge in [-0.05, 0) is 11.1 Å². The molecular formula is C16H18N2O. The third-order valence-electron chi connectivity index (χ3n) is 2.89. The highest BCUT2D eigenvalue weighted by molar-refractivity contribution is 5.87. The molecule has 0 aliphatic rings. The van der Waals surface area contributed by atoms with Crippen molar-refractivity contribution in [1.82, 2.24) is 5.32 Å². The van der Waals surface area contributed by atoms with Gasteiger partial charge in [0.15, 0.2) is 0 Å². The molecule has 2 rings (SSSR count). The standard InChI is InChI=1S/C16H18N2O/c19-18-16(11-14-7-3-1-4-8-14)13-17-12-15-9-5-2-6-10-15/h1-10,17,19H,11-13H2/b18-16-. The van der Waals surface area contributed by atoms with E-state index in [-0.39, 0.29) is 0 Å². The Kier molecular flexibility index (Phi) is 5.14. The number of hydrogen-bond acceptors (Lipinski definition) is 3. The zero-order chi connectivity index (χ0) is 13.3. The average Bonchev–Trinajstić information content (AvgIpc) is 2.48. The first-order valence-electron chi connectivity index (χ1n) is 6.37. The monoisotopic (exact) mass is 254 g/mol. The molecule has 3 nitrogen and oxygen atoms in total. The molecule has 2 aromatic rings. The van der Waals surface area contributed by atoms with Gasteiger partial charge in [-0.2, -0.15) is 0 Å². The smallest absolute Gasteiger partial charge is 0.0752 e. The first-order chi connectivity index (χ1) is 9.38. The fourth-order valence-corrected chi connectivity index (χ4v) is 1.91. The first kappa shape index (κ1) is 13.3. The lowest BCUT2D eigenvalue weighted by Crippen LogP contribution is -2.24. The maximum atomic E-state index is 9.03. The molecule has 0 heterocycles. The normalized spacial score (nSPS) is 11.5. The van der Waals surface area contributed by atoms with E-state index in [4.69, 9.17) is 5.21 Å². The van der Waals surface area contributed by atoms with Gasteiger partial charge in [-0.15, -0.1) is 0 Å². The predicted octanol–water partition coefficient (Wildman–Crippen LogP) is 2.85. The van der Waals surface area contributed by atoms with Gasteiger partial charge in [0, 0.05) is 19.5 Å². The maximum Gasteiger partial charge on any atom is 0.0752 e. The lowest BCUT2D eigenvalue weighted by molar-refractivity contribution is 0.316. The number of nitrogens with one attached hydrogen (secondary N) is 1. The van der Waals surface area contributed by atoms with Crippen LogP contribution in [-0.2, 0) is 13.0 Å². The van der Waals surface area contributed by atoms with Crippen LogP contribution in [0.25, 0.3) is 0 Å². The summed E-state index contributed by atoms with van der Waals surface area (Å²) in [5.74, 6) is 0. The molecular weight excluding hydrogens is 236 g/mol. The van der Waals surface area contributed by atoms with Gasteiger partial charge < -0.3 is 10.5 Å². The van der Waals surface area contributed by atoms with E-state index in [1.165, 1.54) is 5.56 Å². The Labute approximate surface area is 113 Å². The minimum Gasteiger partial charge on any atom is -0.411 e. The van der Waals surface area contributed by atoms with E-state index >= 15 is 0 Å². The van der Waals surface area contributed by atoms with E-state index in [2.05, 4.69) is 22.6 Å². The molecule has 0 aliphatic heterocycles. The van der Waals surface area contributed by atoms with E-state index in [1.807, 2.05) is 48.5 Å². The van der Waals surface area contributed by atoms with E-state index in [9.17, 15) is 0 Å². The fourth-order valence-electron chi connectivity index (χ4n) is 1.91. The lowest BCUT2D eigenvalue weighted by Gasteiger charge is -2.07. The van der Waals surface area contributed by atoms with Crippen molar-refractivity contribution in [3.05, 3.63) is 71.8 Å². The predicted molar refractivity (Wildman–Crippen MR) is 77.5 cm³/mol. The van der Waals surface area contributed by atoms with Gasteiger partial charge in [-0.1, -0.05) is 65.8 Å². The Morgan fingerprint density at radius 2 is 1.47 bits per heavy atom. The average molecular weight is 254 g/mol. The van der Waals surface area contributed by atoms with Gasteiger partial charge in [0.05, 0.1) is 5.71 Å². The quantitative estimate of drug-likeness (QED) is 0.473. The highest BCUT2D eigenvalue weighted by Gasteiger charge is 2.02. The SMILES string of the molecule is O/N=C(\CNCc1ccccc1)Cc1ccccc1. The van der Waals surface area contributed by atoms with Crippen molar-refractivity contribution in [2.45, 2.75) is 13.0 Å². The van der Waals surface area contributed by atoms with Crippen LogP contribution in [0.1, 0.15) is 11.1 Å². The summed E-state index contributed by atoms with van der Waals surface area (Å²) >= 11 is 0. The Morgan fingerprint density at radius 3 is 2.05 bits per heavy atom. The number of oxime groups is 1.